The molecule has 1 aromatic carbocycles. The molecule has 2 rings (SSSR count). The fourth-order valence-corrected chi connectivity index (χ4v) is 1.81. The molecule has 0 saturated carbocycles. The molecule has 1 aliphatic heterocycles. The molecule has 5 heteroatoms. The molecule has 1 amide bonds. The van der Waals surface area contributed by atoms with Gasteiger partial charge in [-0.3, -0.25) is 4.79 Å². The van der Waals surface area contributed by atoms with Crippen molar-refractivity contribution >= 4 is 80.4 Å². The number of rotatable bonds is 2. The van der Waals surface area contributed by atoms with Crippen LogP contribution in [0.1, 0.15) is 5.56 Å². The van der Waals surface area contributed by atoms with Crippen LogP contribution in [0.4, 0.5) is 0 Å². The number of aliphatic imine (C=N–C) groups is 1. The van der Waals surface area contributed by atoms with Crippen LogP contribution in [0.5, 0.6) is 0 Å². The van der Waals surface area contributed by atoms with Crippen molar-refractivity contribution in [1.82, 2.24) is 0 Å². The molecule has 0 fully saturated rings. The van der Waals surface area contributed by atoms with Gasteiger partial charge in [0.1, 0.15) is 0 Å². The number of carbonyl (C=O) groups is 1. The first-order chi connectivity index (χ1) is 7.75. The summed E-state index contributed by atoms with van der Waals surface area (Å²) < 4.78 is 0. The van der Waals surface area contributed by atoms with Gasteiger partial charge in [-0.25, -0.2) is 4.99 Å². The summed E-state index contributed by atoms with van der Waals surface area (Å²) in [5, 5.41) is 10.4. The molecule has 0 unspecified atom stereocenters. The largest absolute Gasteiger partial charge is 0.853 e. The summed E-state index contributed by atoms with van der Waals surface area (Å²) in [5.41, 5.74) is 1.04. The smallest absolute Gasteiger partial charge is 0.283 e. The van der Waals surface area contributed by atoms with Crippen LogP contribution in [0, 0.1) is 0 Å². The molecule has 1 radical (unpaired) electrons. The Morgan fingerprint density at radius 2 is 1.94 bits per heavy atom. The molecule has 0 atom stereocenters. The van der Waals surface area contributed by atoms with E-state index in [0.29, 0.717) is 4.91 Å². The molecule has 3 nitrogen and oxygen atoms in total. The number of hydrogen-bond acceptors (Lipinski definition) is 3. The van der Waals surface area contributed by atoms with Crippen LogP contribution in [-0.2, 0) is 4.79 Å². The Labute approximate surface area is 146 Å². The van der Waals surface area contributed by atoms with Crippen molar-refractivity contribution in [3.05, 3.63) is 53.0 Å². The van der Waals surface area contributed by atoms with E-state index >= 15 is 0 Å². The zero-order chi connectivity index (χ0) is 11.4. The Morgan fingerprint density at radius 3 is 2.53 bits per heavy atom. The summed E-state index contributed by atoms with van der Waals surface area (Å²) in [6.07, 6.45) is 5.21. The van der Waals surface area contributed by atoms with Gasteiger partial charge in [0.05, 0.1) is 4.91 Å². The normalized spacial score (nSPS) is 17.3. The van der Waals surface area contributed by atoms with E-state index in [1.54, 1.807) is 12.2 Å². The Hall–Kier alpha value is -0.174. The number of nitrogens with zero attached hydrogens (tertiary/aromatic N) is 1. The summed E-state index contributed by atoms with van der Waals surface area (Å²) >= 11 is 0.864. The van der Waals surface area contributed by atoms with Gasteiger partial charge in [-0.1, -0.05) is 54.2 Å². The van der Waals surface area contributed by atoms with Gasteiger partial charge >= 0.3 is 0 Å². The zero-order valence-electron chi connectivity index (χ0n) is 9.29. The van der Waals surface area contributed by atoms with Crippen molar-refractivity contribution in [3.63, 3.8) is 0 Å². The molecular weight excluding hydrogens is 261 g/mol. The summed E-state index contributed by atoms with van der Waals surface area (Å²) in [7, 11) is 0. The third-order valence-corrected chi connectivity index (χ3v) is 2.73. The van der Waals surface area contributed by atoms with Crippen LogP contribution in [0.2, 0.25) is 0 Å². The summed E-state index contributed by atoms with van der Waals surface area (Å²) in [6, 6.07) is 9.70. The van der Waals surface area contributed by atoms with E-state index in [-0.39, 0.29) is 51.4 Å². The van der Waals surface area contributed by atoms with Crippen LogP contribution < -0.4 is 5.11 Å². The van der Waals surface area contributed by atoms with E-state index in [9.17, 15) is 9.90 Å². The van der Waals surface area contributed by atoms with E-state index in [1.165, 1.54) is 0 Å². The number of benzene rings is 1. The van der Waals surface area contributed by atoms with E-state index in [1.807, 2.05) is 36.4 Å². The molecule has 0 aromatic heterocycles. The number of thioether (sulfide) groups is 1. The molecule has 0 bridgehead atoms. The molecule has 0 aliphatic carbocycles. The second kappa shape index (κ2) is 7.30. The second-order valence-electron chi connectivity index (χ2n) is 3.09. The Balaban J connectivity index is 0.00000144. The van der Waals surface area contributed by atoms with Crippen molar-refractivity contribution in [2.24, 2.45) is 4.99 Å². The Kier molecular flexibility index (Phi) is 6.39. The molecule has 1 aliphatic rings. The first-order valence-corrected chi connectivity index (χ1v) is 5.48. The fourth-order valence-electron chi connectivity index (χ4n) is 1.21. The standard InChI is InChI=1S/C12H9NO2S.K/c14-11-10(16-12(15)13-11)8-4-7-9-5-2-1-3-6-9;/h1-8H,(H,13,14,15);/p-1/b7-4+,10-8+;. The minimum absolute atomic E-state index is 0. The van der Waals surface area contributed by atoms with E-state index in [0.717, 1.165) is 17.3 Å². The summed E-state index contributed by atoms with van der Waals surface area (Å²) in [5.74, 6) is -0.451. The first kappa shape index (κ1) is 14.9. The van der Waals surface area contributed by atoms with Gasteiger partial charge in [0, 0.05) is 56.6 Å². The summed E-state index contributed by atoms with van der Waals surface area (Å²) in [4.78, 5) is 14.8. The minimum atomic E-state index is -0.451. The van der Waals surface area contributed by atoms with E-state index in [4.69, 9.17) is 0 Å². The van der Waals surface area contributed by atoms with Crippen LogP contribution in [0.25, 0.3) is 6.08 Å². The molecule has 81 valence electrons. The molecule has 1 heterocycles. The first-order valence-electron chi connectivity index (χ1n) is 4.67. The predicted molar refractivity (Wildman–Crippen MR) is 69.3 cm³/mol. The third kappa shape index (κ3) is 4.54. The van der Waals surface area contributed by atoms with E-state index in [2.05, 4.69) is 4.99 Å². The maximum Gasteiger partial charge on any atom is 0.283 e. The van der Waals surface area contributed by atoms with Crippen LogP contribution in [-0.4, -0.2) is 62.5 Å². The topological polar surface area (TPSA) is 52.5 Å². The number of hydrogen-bond donors (Lipinski definition) is 0. The molecule has 0 spiro atoms. The Morgan fingerprint density at radius 1 is 1.24 bits per heavy atom. The van der Waals surface area contributed by atoms with Crippen molar-refractivity contribution in [3.8, 4) is 0 Å². The summed E-state index contributed by atoms with van der Waals surface area (Å²) in [6.45, 7) is 0. The Bertz CT molecular complexity index is 494. The zero-order valence-corrected chi connectivity index (χ0v) is 13.2. The molecule has 17 heavy (non-hydrogen) atoms. The van der Waals surface area contributed by atoms with Crippen molar-refractivity contribution in [2.45, 2.75) is 0 Å². The van der Waals surface area contributed by atoms with Crippen molar-refractivity contribution in [1.29, 1.82) is 0 Å². The third-order valence-electron chi connectivity index (χ3n) is 1.94. The van der Waals surface area contributed by atoms with Crippen molar-refractivity contribution < 1.29 is 9.90 Å². The molecule has 0 saturated heterocycles. The van der Waals surface area contributed by atoms with Gasteiger partial charge < -0.3 is 5.11 Å². The minimum Gasteiger partial charge on any atom is -0.853 e. The van der Waals surface area contributed by atoms with Crippen LogP contribution in [0.3, 0.4) is 0 Å². The SMILES string of the molecule is O=C1N=C([O-])S/C1=C/C=C/c1ccccc1.[K]. The van der Waals surface area contributed by atoms with E-state index < -0.39 is 11.1 Å². The molecular formula is C12H8KNO2S-. The van der Waals surface area contributed by atoms with Crippen molar-refractivity contribution in [2.75, 3.05) is 0 Å². The van der Waals surface area contributed by atoms with Gasteiger partial charge in [-0.05, 0) is 11.6 Å². The van der Waals surface area contributed by atoms with Gasteiger partial charge in [0.25, 0.3) is 5.91 Å². The molecule has 0 N–H and O–H groups in total. The second-order valence-corrected chi connectivity index (χ2v) is 4.08. The fraction of sp³-hybridized carbons (Fsp3) is 0. The van der Waals surface area contributed by atoms with Gasteiger partial charge in [0.15, 0.2) is 0 Å². The maximum atomic E-state index is 11.1. The van der Waals surface area contributed by atoms with Gasteiger partial charge in [0.2, 0.25) is 0 Å². The van der Waals surface area contributed by atoms with Crippen LogP contribution in [0.15, 0.2) is 52.4 Å². The number of allylic oxidation sites excluding steroid dienone is 2. The van der Waals surface area contributed by atoms with Crippen LogP contribution >= 0.6 is 11.8 Å². The monoisotopic (exact) mass is 269 g/mol. The predicted octanol–water partition coefficient (Wildman–Crippen LogP) is 1.19. The molecule has 1 aromatic rings. The quantitative estimate of drug-likeness (QED) is 0.598. The number of amides is 1. The average molecular weight is 269 g/mol. The number of carbonyl (C=O) groups excluding carboxylic acids is 1. The maximum absolute atomic E-state index is 11.1. The average Bonchev–Trinajstić information content (AvgIpc) is 2.59. The van der Waals surface area contributed by atoms with Gasteiger partial charge in [-0.2, -0.15) is 0 Å². The van der Waals surface area contributed by atoms with Gasteiger partial charge in [-0.15, -0.1) is 0 Å².